The average Bonchev–Trinajstić information content (AvgIpc) is 2.63. The number of amides is 2. The van der Waals surface area contributed by atoms with Gasteiger partial charge >= 0.3 is 0 Å². The zero-order valence-corrected chi connectivity index (χ0v) is 10.3. The Bertz CT molecular complexity index is 689. The minimum absolute atomic E-state index is 0.0937. The van der Waals surface area contributed by atoms with Crippen molar-refractivity contribution >= 4 is 17.5 Å². The second-order valence-electron chi connectivity index (χ2n) is 4.51. The molecule has 19 heavy (non-hydrogen) atoms. The van der Waals surface area contributed by atoms with Gasteiger partial charge in [-0.15, -0.1) is 0 Å². The third-order valence-corrected chi connectivity index (χ3v) is 3.15. The van der Waals surface area contributed by atoms with Gasteiger partial charge in [0.05, 0.1) is 16.8 Å². The molecule has 3 rings (SSSR count). The summed E-state index contributed by atoms with van der Waals surface area (Å²) in [5.41, 5.74) is 2.25. The number of aryl methyl sites for hydroxylation is 1. The summed E-state index contributed by atoms with van der Waals surface area (Å²) in [5, 5.41) is 9.25. The Morgan fingerprint density at radius 1 is 0.895 bits per heavy atom. The standard InChI is InChI=1S/C15H11NO3/c1-9-2-7-12-13(8-9)15(19)16(14(12)18)10-3-5-11(17)6-4-10/h2-8,17H,1H3. The zero-order chi connectivity index (χ0) is 13.6. The van der Waals surface area contributed by atoms with Crippen LogP contribution in [0.4, 0.5) is 5.69 Å². The highest BCUT2D eigenvalue weighted by Gasteiger charge is 2.36. The van der Waals surface area contributed by atoms with Crippen LogP contribution in [0, 0.1) is 6.92 Å². The van der Waals surface area contributed by atoms with Crippen molar-refractivity contribution in [3.63, 3.8) is 0 Å². The number of carbonyl (C=O) groups excluding carboxylic acids is 2. The predicted molar refractivity (Wildman–Crippen MR) is 70.4 cm³/mol. The number of fused-ring (bicyclic) bond motifs is 1. The molecule has 1 aliphatic rings. The van der Waals surface area contributed by atoms with Crippen LogP contribution in [0.5, 0.6) is 5.75 Å². The van der Waals surface area contributed by atoms with E-state index in [0.29, 0.717) is 16.8 Å². The first-order valence-corrected chi connectivity index (χ1v) is 5.86. The molecule has 0 aromatic heterocycles. The Hall–Kier alpha value is -2.62. The zero-order valence-electron chi connectivity index (χ0n) is 10.3. The van der Waals surface area contributed by atoms with Gasteiger partial charge in [0, 0.05) is 0 Å². The second kappa shape index (κ2) is 3.95. The van der Waals surface area contributed by atoms with Crippen molar-refractivity contribution in [1.82, 2.24) is 0 Å². The van der Waals surface area contributed by atoms with Crippen LogP contribution >= 0.6 is 0 Å². The predicted octanol–water partition coefficient (Wildman–Crippen LogP) is 2.50. The fourth-order valence-electron chi connectivity index (χ4n) is 2.19. The molecular formula is C15H11NO3. The van der Waals surface area contributed by atoms with Crippen LogP contribution in [0.3, 0.4) is 0 Å². The van der Waals surface area contributed by atoms with E-state index in [0.717, 1.165) is 10.5 Å². The summed E-state index contributed by atoms with van der Waals surface area (Å²) in [5.74, 6) is -0.559. The van der Waals surface area contributed by atoms with Gasteiger partial charge in [-0.05, 0) is 43.3 Å². The molecule has 1 heterocycles. The Morgan fingerprint density at radius 3 is 2.21 bits per heavy atom. The molecule has 0 unspecified atom stereocenters. The average molecular weight is 253 g/mol. The van der Waals surface area contributed by atoms with Crippen molar-refractivity contribution in [3.05, 3.63) is 59.2 Å². The Labute approximate surface area is 109 Å². The van der Waals surface area contributed by atoms with Gasteiger partial charge in [0.25, 0.3) is 11.8 Å². The van der Waals surface area contributed by atoms with Crippen LogP contribution in [0.25, 0.3) is 0 Å². The third kappa shape index (κ3) is 1.69. The number of imide groups is 1. The molecule has 0 fully saturated rings. The van der Waals surface area contributed by atoms with E-state index in [2.05, 4.69) is 0 Å². The topological polar surface area (TPSA) is 57.6 Å². The number of hydrogen-bond donors (Lipinski definition) is 1. The molecule has 0 atom stereocenters. The van der Waals surface area contributed by atoms with E-state index in [1.165, 1.54) is 12.1 Å². The van der Waals surface area contributed by atoms with Crippen molar-refractivity contribution < 1.29 is 14.7 Å². The van der Waals surface area contributed by atoms with E-state index >= 15 is 0 Å². The maximum absolute atomic E-state index is 12.3. The number of carbonyl (C=O) groups is 2. The van der Waals surface area contributed by atoms with Gasteiger partial charge in [0.2, 0.25) is 0 Å². The quantitative estimate of drug-likeness (QED) is 0.794. The van der Waals surface area contributed by atoms with Gasteiger partial charge in [-0.2, -0.15) is 0 Å². The highest BCUT2D eigenvalue weighted by Crippen LogP contribution is 2.29. The number of anilines is 1. The smallest absolute Gasteiger partial charge is 0.266 e. The van der Waals surface area contributed by atoms with Crippen molar-refractivity contribution in [2.45, 2.75) is 6.92 Å². The van der Waals surface area contributed by atoms with Crippen LogP contribution in [-0.2, 0) is 0 Å². The largest absolute Gasteiger partial charge is 0.508 e. The Morgan fingerprint density at radius 2 is 1.53 bits per heavy atom. The van der Waals surface area contributed by atoms with Crippen LogP contribution in [0.15, 0.2) is 42.5 Å². The number of phenols is 1. The first-order chi connectivity index (χ1) is 9.08. The van der Waals surface area contributed by atoms with Gasteiger partial charge in [-0.25, -0.2) is 4.90 Å². The lowest BCUT2D eigenvalue weighted by molar-refractivity contribution is 0.0926. The monoisotopic (exact) mass is 253 g/mol. The maximum Gasteiger partial charge on any atom is 0.266 e. The van der Waals surface area contributed by atoms with Crippen LogP contribution in [0.1, 0.15) is 26.3 Å². The Kier molecular flexibility index (Phi) is 2.38. The van der Waals surface area contributed by atoms with Crippen molar-refractivity contribution in [3.8, 4) is 5.75 Å². The number of rotatable bonds is 1. The summed E-state index contributed by atoms with van der Waals surface area (Å²) >= 11 is 0. The van der Waals surface area contributed by atoms with E-state index in [9.17, 15) is 14.7 Å². The van der Waals surface area contributed by atoms with Crippen molar-refractivity contribution in [2.24, 2.45) is 0 Å². The number of benzene rings is 2. The summed E-state index contributed by atoms with van der Waals surface area (Å²) in [4.78, 5) is 25.7. The van der Waals surface area contributed by atoms with Crippen LogP contribution < -0.4 is 4.90 Å². The third-order valence-electron chi connectivity index (χ3n) is 3.15. The van der Waals surface area contributed by atoms with E-state index in [1.54, 1.807) is 24.3 Å². The van der Waals surface area contributed by atoms with Gasteiger partial charge in [0.1, 0.15) is 5.75 Å². The molecule has 1 N–H and O–H groups in total. The molecule has 2 aromatic rings. The highest BCUT2D eigenvalue weighted by molar-refractivity contribution is 6.34. The van der Waals surface area contributed by atoms with E-state index in [4.69, 9.17) is 0 Å². The maximum atomic E-state index is 12.3. The molecule has 2 aromatic carbocycles. The summed E-state index contributed by atoms with van der Waals surface area (Å²) in [7, 11) is 0. The molecule has 2 amide bonds. The minimum atomic E-state index is -0.328. The Balaban J connectivity index is 2.10. The van der Waals surface area contributed by atoms with E-state index in [-0.39, 0.29) is 17.6 Å². The highest BCUT2D eigenvalue weighted by atomic mass is 16.3. The van der Waals surface area contributed by atoms with Crippen molar-refractivity contribution in [1.29, 1.82) is 0 Å². The van der Waals surface area contributed by atoms with Crippen LogP contribution in [-0.4, -0.2) is 16.9 Å². The van der Waals surface area contributed by atoms with Gasteiger partial charge in [0.15, 0.2) is 0 Å². The molecule has 0 saturated heterocycles. The molecule has 1 aliphatic heterocycles. The van der Waals surface area contributed by atoms with E-state index in [1.807, 2.05) is 13.0 Å². The minimum Gasteiger partial charge on any atom is -0.508 e. The summed E-state index contributed by atoms with van der Waals surface area (Å²) < 4.78 is 0. The molecule has 0 saturated carbocycles. The number of aromatic hydroxyl groups is 1. The first-order valence-electron chi connectivity index (χ1n) is 5.86. The fourth-order valence-corrected chi connectivity index (χ4v) is 2.19. The van der Waals surface area contributed by atoms with Crippen molar-refractivity contribution in [2.75, 3.05) is 4.90 Å². The molecule has 4 nitrogen and oxygen atoms in total. The number of nitrogens with zero attached hydrogens (tertiary/aromatic N) is 1. The summed E-state index contributed by atoms with van der Waals surface area (Å²) in [6.07, 6.45) is 0. The molecule has 4 heteroatoms. The SMILES string of the molecule is Cc1ccc2c(c1)C(=O)N(c1ccc(O)cc1)C2=O. The lowest BCUT2D eigenvalue weighted by Gasteiger charge is -2.13. The van der Waals surface area contributed by atoms with Gasteiger partial charge in [-0.3, -0.25) is 9.59 Å². The van der Waals surface area contributed by atoms with Gasteiger partial charge in [-0.1, -0.05) is 11.6 Å². The summed E-state index contributed by atoms with van der Waals surface area (Å²) in [6.45, 7) is 1.88. The molecule has 0 spiro atoms. The number of hydrogen-bond acceptors (Lipinski definition) is 3. The molecular weight excluding hydrogens is 242 g/mol. The molecule has 0 bridgehead atoms. The normalized spacial score (nSPS) is 13.8. The number of phenolic OH excluding ortho intramolecular Hbond substituents is 1. The fraction of sp³-hybridized carbons (Fsp3) is 0.0667. The summed E-state index contributed by atoms with van der Waals surface area (Å²) in [6, 6.07) is 11.2. The van der Waals surface area contributed by atoms with Gasteiger partial charge < -0.3 is 5.11 Å². The lowest BCUT2D eigenvalue weighted by Crippen LogP contribution is -2.29. The molecule has 0 aliphatic carbocycles. The lowest BCUT2D eigenvalue weighted by atomic mass is 10.1. The van der Waals surface area contributed by atoms with E-state index < -0.39 is 0 Å². The molecule has 0 radical (unpaired) electrons. The first kappa shape index (κ1) is 11.5. The van der Waals surface area contributed by atoms with Crippen LogP contribution in [0.2, 0.25) is 0 Å². The molecule has 94 valence electrons. The second-order valence-corrected chi connectivity index (χ2v) is 4.51.